The Hall–Kier alpha value is -1.09. The molecule has 0 atom stereocenters. The fourth-order valence-corrected chi connectivity index (χ4v) is 1.09. The summed E-state index contributed by atoms with van der Waals surface area (Å²) in [6.07, 6.45) is 2.70. The third kappa shape index (κ3) is 1.95. The fraction of sp³-hybridized carbons (Fsp3) is 0.444. The van der Waals surface area contributed by atoms with E-state index in [2.05, 4.69) is 4.98 Å². The second-order valence-electron chi connectivity index (χ2n) is 2.69. The molecule has 0 spiro atoms. The minimum Gasteiger partial charge on any atom is -0.481 e. The molecule has 2 N–H and O–H groups in total. The molecule has 0 radical (unpaired) electrons. The molecule has 0 aromatic carbocycles. The van der Waals surface area contributed by atoms with Gasteiger partial charge < -0.3 is 10.5 Å². The van der Waals surface area contributed by atoms with E-state index in [1.807, 2.05) is 19.2 Å². The predicted octanol–water partition coefficient (Wildman–Crippen LogP) is 0.900. The van der Waals surface area contributed by atoms with Crippen molar-refractivity contribution in [2.45, 2.75) is 13.3 Å². The van der Waals surface area contributed by atoms with E-state index in [0.29, 0.717) is 12.4 Å². The zero-order valence-electron chi connectivity index (χ0n) is 7.50. The van der Waals surface area contributed by atoms with Crippen LogP contribution in [-0.4, -0.2) is 18.6 Å². The Bertz CT molecular complexity index is 261. The van der Waals surface area contributed by atoms with Crippen LogP contribution < -0.4 is 10.5 Å². The fourth-order valence-electron chi connectivity index (χ4n) is 1.09. The summed E-state index contributed by atoms with van der Waals surface area (Å²) in [5.41, 5.74) is 7.82. The van der Waals surface area contributed by atoms with Crippen molar-refractivity contribution >= 4 is 0 Å². The lowest BCUT2D eigenvalue weighted by Crippen LogP contribution is -2.04. The first-order chi connectivity index (χ1) is 5.77. The highest BCUT2D eigenvalue weighted by Crippen LogP contribution is 2.12. The smallest absolute Gasteiger partial charge is 0.213 e. The Morgan fingerprint density at radius 3 is 2.83 bits per heavy atom. The number of nitrogens with zero attached hydrogens (tertiary/aromatic N) is 1. The molecule has 0 unspecified atom stereocenters. The van der Waals surface area contributed by atoms with Gasteiger partial charge in [0.15, 0.2) is 0 Å². The summed E-state index contributed by atoms with van der Waals surface area (Å²) >= 11 is 0. The van der Waals surface area contributed by atoms with E-state index in [-0.39, 0.29) is 0 Å². The first kappa shape index (κ1) is 9.00. The van der Waals surface area contributed by atoms with Crippen molar-refractivity contribution < 1.29 is 4.74 Å². The number of nitrogens with two attached hydrogens (primary N) is 1. The maximum absolute atomic E-state index is 5.44. The molecule has 0 aliphatic heterocycles. The number of aryl methyl sites for hydroxylation is 1. The van der Waals surface area contributed by atoms with Crippen molar-refractivity contribution in [3.8, 4) is 5.88 Å². The van der Waals surface area contributed by atoms with Gasteiger partial charge in [0.2, 0.25) is 5.88 Å². The zero-order valence-corrected chi connectivity index (χ0v) is 7.50. The molecular weight excluding hydrogens is 152 g/mol. The van der Waals surface area contributed by atoms with Gasteiger partial charge >= 0.3 is 0 Å². The molecule has 1 rings (SSSR count). The maximum Gasteiger partial charge on any atom is 0.213 e. The van der Waals surface area contributed by atoms with Crippen molar-refractivity contribution in [1.29, 1.82) is 0 Å². The Kier molecular flexibility index (Phi) is 3.05. The van der Waals surface area contributed by atoms with Crippen LogP contribution in [0.2, 0.25) is 0 Å². The molecule has 0 saturated carbocycles. The summed E-state index contributed by atoms with van der Waals surface area (Å²) in [6.45, 7) is 2.70. The molecule has 0 fully saturated rings. The Balaban J connectivity index is 2.87. The first-order valence-electron chi connectivity index (χ1n) is 3.97. The number of methoxy groups -OCH3 is 1. The standard InChI is InChI=1S/C9H14N2O/c1-7-5-9(12-2)11-6-8(7)3-4-10/h5-6H,3-4,10H2,1-2H3. The number of hydrogen-bond acceptors (Lipinski definition) is 3. The first-order valence-corrected chi connectivity index (χ1v) is 3.97. The zero-order chi connectivity index (χ0) is 8.97. The van der Waals surface area contributed by atoms with E-state index in [9.17, 15) is 0 Å². The predicted molar refractivity (Wildman–Crippen MR) is 48.3 cm³/mol. The molecular formula is C9H14N2O. The van der Waals surface area contributed by atoms with Gasteiger partial charge in [-0.15, -0.1) is 0 Å². The van der Waals surface area contributed by atoms with Crippen molar-refractivity contribution in [3.63, 3.8) is 0 Å². The quantitative estimate of drug-likeness (QED) is 0.725. The summed E-state index contributed by atoms with van der Waals surface area (Å²) < 4.78 is 4.99. The lowest BCUT2D eigenvalue weighted by molar-refractivity contribution is 0.397. The van der Waals surface area contributed by atoms with E-state index in [1.54, 1.807) is 7.11 Å². The third-order valence-corrected chi connectivity index (χ3v) is 1.82. The topological polar surface area (TPSA) is 48.1 Å². The number of rotatable bonds is 3. The minimum absolute atomic E-state index is 0.660. The van der Waals surface area contributed by atoms with Gasteiger partial charge in [0.1, 0.15) is 0 Å². The molecule has 1 heterocycles. The molecule has 3 heteroatoms. The Morgan fingerprint density at radius 1 is 1.58 bits per heavy atom. The third-order valence-electron chi connectivity index (χ3n) is 1.82. The molecule has 12 heavy (non-hydrogen) atoms. The number of aromatic nitrogens is 1. The van der Waals surface area contributed by atoms with E-state index >= 15 is 0 Å². The molecule has 0 aliphatic carbocycles. The second kappa shape index (κ2) is 4.07. The average molecular weight is 166 g/mol. The largest absolute Gasteiger partial charge is 0.481 e. The van der Waals surface area contributed by atoms with Crippen LogP contribution in [-0.2, 0) is 6.42 Å². The van der Waals surface area contributed by atoms with Gasteiger partial charge in [-0.1, -0.05) is 0 Å². The van der Waals surface area contributed by atoms with Gasteiger partial charge in [-0.2, -0.15) is 0 Å². The van der Waals surface area contributed by atoms with E-state index in [0.717, 1.165) is 6.42 Å². The molecule has 66 valence electrons. The van der Waals surface area contributed by atoms with Crippen molar-refractivity contribution in [2.75, 3.05) is 13.7 Å². The van der Waals surface area contributed by atoms with Crippen molar-refractivity contribution in [2.24, 2.45) is 5.73 Å². The summed E-state index contributed by atoms with van der Waals surface area (Å²) in [6, 6.07) is 1.92. The maximum atomic E-state index is 5.44. The van der Waals surface area contributed by atoms with Gasteiger partial charge in [-0.3, -0.25) is 0 Å². The molecule has 1 aromatic heterocycles. The van der Waals surface area contributed by atoms with Gasteiger partial charge in [0.05, 0.1) is 7.11 Å². The molecule has 0 aliphatic rings. The lowest BCUT2D eigenvalue weighted by atomic mass is 10.1. The lowest BCUT2D eigenvalue weighted by Gasteiger charge is -2.04. The van der Waals surface area contributed by atoms with Crippen LogP contribution in [0, 0.1) is 6.92 Å². The Morgan fingerprint density at radius 2 is 2.33 bits per heavy atom. The summed E-state index contributed by atoms with van der Waals surface area (Å²) in [5.74, 6) is 0.660. The molecule has 0 amide bonds. The SMILES string of the molecule is COc1cc(C)c(CCN)cn1. The Labute approximate surface area is 72.6 Å². The molecule has 3 nitrogen and oxygen atoms in total. The average Bonchev–Trinajstić information content (AvgIpc) is 2.09. The normalized spacial score (nSPS) is 9.92. The number of hydrogen-bond donors (Lipinski definition) is 1. The molecule has 0 bridgehead atoms. The van der Waals surface area contributed by atoms with Gasteiger partial charge in [0, 0.05) is 12.3 Å². The molecule has 1 aromatic rings. The summed E-state index contributed by atoms with van der Waals surface area (Å²) in [4.78, 5) is 4.10. The van der Waals surface area contributed by atoms with E-state index in [4.69, 9.17) is 10.5 Å². The van der Waals surface area contributed by atoms with Crippen LogP contribution in [0.1, 0.15) is 11.1 Å². The highest BCUT2D eigenvalue weighted by molar-refractivity contribution is 5.28. The van der Waals surface area contributed by atoms with E-state index in [1.165, 1.54) is 11.1 Å². The molecule has 0 saturated heterocycles. The number of ether oxygens (including phenoxy) is 1. The van der Waals surface area contributed by atoms with Crippen LogP contribution in [0.5, 0.6) is 5.88 Å². The highest BCUT2D eigenvalue weighted by atomic mass is 16.5. The summed E-state index contributed by atoms with van der Waals surface area (Å²) in [5, 5.41) is 0. The van der Waals surface area contributed by atoms with Crippen LogP contribution in [0.15, 0.2) is 12.3 Å². The van der Waals surface area contributed by atoms with E-state index < -0.39 is 0 Å². The highest BCUT2D eigenvalue weighted by Gasteiger charge is 1.99. The van der Waals surface area contributed by atoms with Gasteiger partial charge in [-0.25, -0.2) is 4.98 Å². The van der Waals surface area contributed by atoms with Crippen LogP contribution in [0.4, 0.5) is 0 Å². The number of pyridine rings is 1. The summed E-state index contributed by atoms with van der Waals surface area (Å²) in [7, 11) is 1.62. The van der Waals surface area contributed by atoms with Gasteiger partial charge in [-0.05, 0) is 31.0 Å². The monoisotopic (exact) mass is 166 g/mol. The van der Waals surface area contributed by atoms with Gasteiger partial charge in [0.25, 0.3) is 0 Å². The van der Waals surface area contributed by atoms with Crippen LogP contribution in [0.25, 0.3) is 0 Å². The van der Waals surface area contributed by atoms with Crippen LogP contribution >= 0.6 is 0 Å². The second-order valence-corrected chi connectivity index (χ2v) is 2.69. The van der Waals surface area contributed by atoms with Crippen molar-refractivity contribution in [1.82, 2.24) is 4.98 Å². The van der Waals surface area contributed by atoms with Crippen LogP contribution in [0.3, 0.4) is 0 Å². The minimum atomic E-state index is 0.660. The van der Waals surface area contributed by atoms with Crippen molar-refractivity contribution in [3.05, 3.63) is 23.4 Å².